The lowest BCUT2D eigenvalue weighted by molar-refractivity contribution is 0.102. The highest BCUT2D eigenvalue weighted by Gasteiger charge is 2.25. The monoisotopic (exact) mass is 235 g/mol. The van der Waals surface area contributed by atoms with Gasteiger partial charge < -0.3 is 15.1 Å². The number of β-amino-alcohol motifs (C(OH)–C–C–N with tert-alkyl or cyclic N) is 1. The van der Waals surface area contributed by atoms with Crippen LogP contribution >= 0.6 is 0 Å². The summed E-state index contributed by atoms with van der Waals surface area (Å²) in [6.07, 6.45) is 0.253. The fourth-order valence-electron chi connectivity index (χ4n) is 2.40. The van der Waals surface area contributed by atoms with Gasteiger partial charge in [0.05, 0.1) is 12.2 Å². The molecule has 0 bridgehead atoms. The quantitative estimate of drug-likeness (QED) is 0.823. The topological polar surface area (TPSA) is 43.7 Å². The van der Waals surface area contributed by atoms with Crippen molar-refractivity contribution < 1.29 is 10.2 Å². The lowest BCUT2D eigenvalue weighted by atomic mass is 9.94. The summed E-state index contributed by atoms with van der Waals surface area (Å²) < 4.78 is 0. The Labute approximate surface area is 103 Å². The first-order valence-corrected chi connectivity index (χ1v) is 6.29. The Morgan fingerprint density at radius 3 is 2.71 bits per heavy atom. The van der Waals surface area contributed by atoms with Gasteiger partial charge in [-0.3, -0.25) is 0 Å². The first-order valence-electron chi connectivity index (χ1n) is 6.29. The third-order valence-electron chi connectivity index (χ3n) is 3.65. The van der Waals surface area contributed by atoms with E-state index in [1.807, 2.05) is 24.3 Å². The number of rotatable bonds is 2. The number of piperidine rings is 1. The zero-order valence-electron chi connectivity index (χ0n) is 10.5. The summed E-state index contributed by atoms with van der Waals surface area (Å²) in [7, 11) is 0. The summed E-state index contributed by atoms with van der Waals surface area (Å²) >= 11 is 0. The van der Waals surface area contributed by atoms with Crippen LogP contribution in [0.25, 0.3) is 0 Å². The highest BCUT2D eigenvalue weighted by Crippen LogP contribution is 2.29. The van der Waals surface area contributed by atoms with Crippen molar-refractivity contribution in [3.63, 3.8) is 0 Å². The van der Waals surface area contributed by atoms with Crippen LogP contribution in [-0.2, 0) is 0 Å². The molecule has 2 N–H and O–H groups in total. The second-order valence-corrected chi connectivity index (χ2v) is 5.01. The summed E-state index contributed by atoms with van der Waals surface area (Å²) in [6, 6.07) is 7.88. The van der Waals surface area contributed by atoms with Gasteiger partial charge in [0.15, 0.2) is 0 Å². The van der Waals surface area contributed by atoms with Crippen molar-refractivity contribution in [2.24, 2.45) is 5.92 Å². The molecule has 2 rings (SSSR count). The Bertz CT molecular complexity index is 378. The van der Waals surface area contributed by atoms with Gasteiger partial charge in [-0.25, -0.2) is 0 Å². The van der Waals surface area contributed by atoms with Gasteiger partial charge >= 0.3 is 0 Å². The predicted octanol–water partition coefficient (Wildman–Crippen LogP) is 1.95. The van der Waals surface area contributed by atoms with Crippen LogP contribution in [0.3, 0.4) is 0 Å². The second-order valence-electron chi connectivity index (χ2n) is 5.01. The average Bonchev–Trinajstić information content (AvgIpc) is 2.32. The number of nitrogens with zero attached hydrogens (tertiary/aromatic N) is 1. The zero-order chi connectivity index (χ0) is 12.4. The Morgan fingerprint density at radius 2 is 2.06 bits per heavy atom. The van der Waals surface area contributed by atoms with Crippen LogP contribution in [-0.4, -0.2) is 29.4 Å². The molecule has 0 saturated carbocycles. The number of hydrogen-bond acceptors (Lipinski definition) is 3. The molecule has 1 saturated heterocycles. The minimum Gasteiger partial charge on any atom is -0.391 e. The van der Waals surface area contributed by atoms with E-state index in [0.717, 1.165) is 24.2 Å². The maximum absolute atomic E-state index is 9.93. The lowest BCUT2D eigenvalue weighted by Gasteiger charge is -2.37. The van der Waals surface area contributed by atoms with Gasteiger partial charge in [-0.2, -0.15) is 0 Å². The minimum absolute atomic E-state index is 0.272. The Kier molecular flexibility index (Phi) is 3.69. The SMILES string of the molecule is CC1CCN(c2ccccc2[C@@H](C)O)CC1O. The molecule has 1 aromatic carbocycles. The van der Waals surface area contributed by atoms with Gasteiger partial charge in [0.1, 0.15) is 0 Å². The van der Waals surface area contributed by atoms with E-state index < -0.39 is 6.10 Å². The maximum Gasteiger partial charge on any atom is 0.0781 e. The number of hydrogen-bond donors (Lipinski definition) is 2. The Hall–Kier alpha value is -1.06. The molecule has 0 radical (unpaired) electrons. The third-order valence-corrected chi connectivity index (χ3v) is 3.65. The van der Waals surface area contributed by atoms with Gasteiger partial charge in [-0.1, -0.05) is 25.1 Å². The van der Waals surface area contributed by atoms with Crippen LogP contribution in [0.2, 0.25) is 0 Å². The molecular weight excluding hydrogens is 214 g/mol. The highest BCUT2D eigenvalue weighted by atomic mass is 16.3. The molecule has 1 heterocycles. The molecule has 1 aliphatic rings. The number of aliphatic hydroxyl groups excluding tert-OH is 2. The lowest BCUT2D eigenvalue weighted by Crippen LogP contribution is -2.43. The summed E-state index contributed by atoms with van der Waals surface area (Å²) in [4.78, 5) is 2.17. The number of para-hydroxylation sites is 1. The normalized spacial score (nSPS) is 26.9. The summed E-state index contributed by atoms with van der Waals surface area (Å²) in [5, 5.41) is 19.7. The van der Waals surface area contributed by atoms with E-state index in [9.17, 15) is 10.2 Å². The molecule has 3 heteroatoms. The molecule has 1 aromatic rings. The van der Waals surface area contributed by atoms with Crippen LogP contribution < -0.4 is 4.90 Å². The molecule has 3 nitrogen and oxygen atoms in total. The van der Waals surface area contributed by atoms with Crippen molar-refractivity contribution in [1.82, 2.24) is 0 Å². The van der Waals surface area contributed by atoms with E-state index in [1.165, 1.54) is 0 Å². The molecule has 0 amide bonds. The van der Waals surface area contributed by atoms with Crippen molar-refractivity contribution >= 4 is 5.69 Å². The van der Waals surface area contributed by atoms with Gasteiger partial charge in [0.2, 0.25) is 0 Å². The average molecular weight is 235 g/mol. The maximum atomic E-state index is 9.93. The molecule has 0 aliphatic carbocycles. The van der Waals surface area contributed by atoms with E-state index in [4.69, 9.17) is 0 Å². The van der Waals surface area contributed by atoms with E-state index in [1.54, 1.807) is 6.92 Å². The first kappa shape index (κ1) is 12.4. The Morgan fingerprint density at radius 1 is 1.35 bits per heavy atom. The van der Waals surface area contributed by atoms with E-state index in [0.29, 0.717) is 12.5 Å². The summed E-state index contributed by atoms with van der Waals surface area (Å²) in [5.74, 6) is 0.366. The van der Waals surface area contributed by atoms with Crippen molar-refractivity contribution in [3.05, 3.63) is 29.8 Å². The van der Waals surface area contributed by atoms with Crippen LogP contribution in [0.15, 0.2) is 24.3 Å². The molecule has 94 valence electrons. The number of aliphatic hydroxyl groups is 2. The Balaban J connectivity index is 2.22. The van der Waals surface area contributed by atoms with Crippen LogP contribution in [0, 0.1) is 5.92 Å². The first-order chi connectivity index (χ1) is 8.09. The molecular formula is C14H21NO2. The molecule has 1 fully saturated rings. The van der Waals surface area contributed by atoms with Gasteiger partial charge in [-0.15, -0.1) is 0 Å². The summed E-state index contributed by atoms with van der Waals surface area (Å²) in [6.45, 7) is 5.47. The van der Waals surface area contributed by atoms with E-state index >= 15 is 0 Å². The standard InChI is InChI=1S/C14H21NO2/c1-10-7-8-15(9-14(10)17)13-6-4-3-5-12(13)11(2)16/h3-6,10-11,14,16-17H,7-9H2,1-2H3/t10?,11-,14?/m1/s1. The fourth-order valence-corrected chi connectivity index (χ4v) is 2.40. The third kappa shape index (κ3) is 2.61. The smallest absolute Gasteiger partial charge is 0.0781 e. The second kappa shape index (κ2) is 5.07. The minimum atomic E-state index is -0.470. The van der Waals surface area contributed by atoms with Crippen LogP contribution in [0.1, 0.15) is 31.9 Å². The molecule has 1 aliphatic heterocycles. The number of benzene rings is 1. The zero-order valence-corrected chi connectivity index (χ0v) is 10.5. The fraction of sp³-hybridized carbons (Fsp3) is 0.571. The predicted molar refractivity (Wildman–Crippen MR) is 69.1 cm³/mol. The van der Waals surface area contributed by atoms with E-state index in [2.05, 4.69) is 11.8 Å². The number of anilines is 1. The molecule has 0 spiro atoms. The van der Waals surface area contributed by atoms with Crippen molar-refractivity contribution in [1.29, 1.82) is 0 Å². The van der Waals surface area contributed by atoms with Crippen molar-refractivity contribution in [3.8, 4) is 0 Å². The molecule has 0 aromatic heterocycles. The van der Waals surface area contributed by atoms with Gasteiger partial charge in [0, 0.05) is 24.3 Å². The molecule has 2 unspecified atom stereocenters. The van der Waals surface area contributed by atoms with Crippen LogP contribution in [0.5, 0.6) is 0 Å². The van der Waals surface area contributed by atoms with Crippen molar-refractivity contribution in [2.45, 2.75) is 32.5 Å². The van der Waals surface area contributed by atoms with Gasteiger partial charge in [-0.05, 0) is 25.3 Å². The van der Waals surface area contributed by atoms with Gasteiger partial charge in [0.25, 0.3) is 0 Å². The molecule has 17 heavy (non-hydrogen) atoms. The molecule has 3 atom stereocenters. The highest BCUT2D eigenvalue weighted by molar-refractivity contribution is 5.55. The largest absolute Gasteiger partial charge is 0.391 e. The van der Waals surface area contributed by atoms with E-state index in [-0.39, 0.29) is 6.10 Å². The van der Waals surface area contributed by atoms with Crippen LogP contribution in [0.4, 0.5) is 5.69 Å². The summed E-state index contributed by atoms with van der Waals surface area (Å²) in [5.41, 5.74) is 1.99. The van der Waals surface area contributed by atoms with Crippen molar-refractivity contribution in [2.75, 3.05) is 18.0 Å².